The van der Waals surface area contributed by atoms with Crippen LogP contribution < -0.4 is 5.32 Å². The summed E-state index contributed by atoms with van der Waals surface area (Å²) in [6, 6.07) is 6.20. The Kier molecular flexibility index (Phi) is 2.74. The van der Waals surface area contributed by atoms with Gasteiger partial charge in [-0.2, -0.15) is 10.2 Å². The zero-order chi connectivity index (χ0) is 13.4. The number of nitrogens with one attached hydrogen (secondary N) is 2. The number of fused-ring (bicyclic) bond motifs is 1. The number of H-pyrrole nitrogens is 1. The van der Waals surface area contributed by atoms with Crippen molar-refractivity contribution in [2.75, 3.05) is 5.32 Å². The maximum Gasteiger partial charge on any atom is 0.0670 e. The van der Waals surface area contributed by atoms with Crippen molar-refractivity contribution in [3.63, 3.8) is 0 Å². The molecule has 0 saturated heterocycles. The lowest BCUT2D eigenvalue weighted by atomic mass is 10.2. The molecule has 0 amide bonds. The van der Waals surface area contributed by atoms with Gasteiger partial charge in [0.2, 0.25) is 0 Å². The van der Waals surface area contributed by atoms with E-state index in [9.17, 15) is 0 Å². The van der Waals surface area contributed by atoms with Crippen molar-refractivity contribution < 1.29 is 0 Å². The quantitative estimate of drug-likeness (QED) is 0.756. The number of benzene rings is 1. The second-order valence-electron chi connectivity index (χ2n) is 4.80. The number of hydrogen-bond donors (Lipinski definition) is 2. The first-order valence-electron chi connectivity index (χ1n) is 6.31. The fourth-order valence-electron chi connectivity index (χ4n) is 2.31. The predicted octanol–water partition coefficient (Wildman–Crippen LogP) is 2.53. The minimum absolute atomic E-state index is 0.783. The van der Waals surface area contributed by atoms with Crippen LogP contribution in [0.5, 0.6) is 0 Å². The second kappa shape index (κ2) is 4.42. The Morgan fingerprint density at radius 1 is 1.32 bits per heavy atom. The van der Waals surface area contributed by atoms with Crippen molar-refractivity contribution in [2.24, 2.45) is 7.05 Å². The van der Waals surface area contributed by atoms with Crippen molar-refractivity contribution >= 4 is 16.6 Å². The Bertz CT molecular complexity index is 723. The molecule has 0 aliphatic rings. The van der Waals surface area contributed by atoms with Crippen molar-refractivity contribution in [1.29, 1.82) is 0 Å². The maximum absolute atomic E-state index is 4.43. The lowest BCUT2D eigenvalue weighted by molar-refractivity contribution is 0.730. The van der Waals surface area contributed by atoms with E-state index < -0.39 is 0 Å². The van der Waals surface area contributed by atoms with Gasteiger partial charge in [0.05, 0.1) is 17.4 Å². The normalized spacial score (nSPS) is 11.1. The van der Waals surface area contributed by atoms with Crippen LogP contribution in [0, 0.1) is 13.8 Å². The van der Waals surface area contributed by atoms with Crippen LogP contribution >= 0.6 is 0 Å². The van der Waals surface area contributed by atoms with E-state index in [-0.39, 0.29) is 0 Å². The van der Waals surface area contributed by atoms with Crippen molar-refractivity contribution in [3.8, 4) is 0 Å². The van der Waals surface area contributed by atoms with Gasteiger partial charge in [-0.25, -0.2) is 0 Å². The Morgan fingerprint density at radius 3 is 2.89 bits per heavy atom. The minimum atomic E-state index is 0.783. The molecule has 0 spiro atoms. The van der Waals surface area contributed by atoms with E-state index in [4.69, 9.17) is 0 Å². The molecule has 3 rings (SSSR count). The summed E-state index contributed by atoms with van der Waals surface area (Å²) >= 11 is 0. The van der Waals surface area contributed by atoms with Gasteiger partial charge in [0, 0.05) is 35.9 Å². The van der Waals surface area contributed by atoms with E-state index in [1.54, 1.807) is 0 Å². The maximum atomic E-state index is 4.43. The Labute approximate surface area is 111 Å². The number of anilines is 1. The summed E-state index contributed by atoms with van der Waals surface area (Å²) in [6.45, 7) is 4.92. The molecule has 0 aliphatic heterocycles. The largest absolute Gasteiger partial charge is 0.381 e. The third-order valence-electron chi connectivity index (χ3n) is 3.57. The number of hydrogen-bond acceptors (Lipinski definition) is 3. The highest BCUT2D eigenvalue weighted by Gasteiger charge is 2.08. The molecule has 0 unspecified atom stereocenters. The van der Waals surface area contributed by atoms with E-state index in [0.29, 0.717) is 0 Å². The van der Waals surface area contributed by atoms with Crippen LogP contribution in [0.15, 0.2) is 24.4 Å². The molecular formula is C14H17N5. The van der Waals surface area contributed by atoms with E-state index in [0.717, 1.165) is 28.8 Å². The average molecular weight is 255 g/mol. The lowest BCUT2D eigenvalue weighted by Crippen LogP contribution is -2.02. The molecule has 0 atom stereocenters. The van der Waals surface area contributed by atoms with Gasteiger partial charge in [0.25, 0.3) is 0 Å². The molecule has 5 heteroatoms. The predicted molar refractivity (Wildman–Crippen MR) is 76.1 cm³/mol. The summed E-state index contributed by atoms with van der Waals surface area (Å²) in [7, 11) is 1.97. The Morgan fingerprint density at radius 2 is 2.16 bits per heavy atom. The fourth-order valence-corrected chi connectivity index (χ4v) is 2.31. The number of aryl methyl sites for hydroxylation is 2. The molecule has 0 saturated carbocycles. The molecule has 2 N–H and O–H groups in total. The minimum Gasteiger partial charge on any atom is -0.381 e. The van der Waals surface area contributed by atoms with Gasteiger partial charge in [-0.15, -0.1) is 0 Å². The number of aromatic nitrogens is 4. The van der Waals surface area contributed by atoms with Crippen LogP contribution in [0.2, 0.25) is 0 Å². The SMILES string of the molecule is Cc1nn(C)c(C)c1CNc1ccc2cn[nH]c2c1. The molecule has 3 aromatic rings. The van der Waals surface area contributed by atoms with Gasteiger partial charge in [-0.05, 0) is 32.0 Å². The summed E-state index contributed by atoms with van der Waals surface area (Å²) in [5.41, 5.74) is 5.67. The fraction of sp³-hybridized carbons (Fsp3) is 0.286. The van der Waals surface area contributed by atoms with Crippen LogP contribution in [-0.2, 0) is 13.6 Å². The van der Waals surface area contributed by atoms with Gasteiger partial charge in [0.15, 0.2) is 0 Å². The zero-order valence-electron chi connectivity index (χ0n) is 11.4. The molecular weight excluding hydrogens is 238 g/mol. The first kappa shape index (κ1) is 11.8. The van der Waals surface area contributed by atoms with Gasteiger partial charge in [-0.1, -0.05) is 0 Å². The molecule has 1 aromatic carbocycles. The summed E-state index contributed by atoms with van der Waals surface area (Å²) < 4.78 is 1.92. The molecule has 2 heterocycles. The molecule has 0 radical (unpaired) electrons. The topological polar surface area (TPSA) is 58.5 Å². The first-order valence-corrected chi connectivity index (χ1v) is 6.31. The van der Waals surface area contributed by atoms with Gasteiger partial charge < -0.3 is 5.32 Å². The highest BCUT2D eigenvalue weighted by atomic mass is 15.3. The first-order chi connectivity index (χ1) is 9.15. The van der Waals surface area contributed by atoms with Gasteiger partial charge in [0.1, 0.15) is 0 Å². The number of rotatable bonds is 3. The Balaban J connectivity index is 1.81. The summed E-state index contributed by atoms with van der Waals surface area (Å²) in [5.74, 6) is 0. The molecule has 2 aromatic heterocycles. The highest BCUT2D eigenvalue weighted by Crippen LogP contribution is 2.19. The Hall–Kier alpha value is -2.30. The number of aromatic amines is 1. The lowest BCUT2D eigenvalue weighted by Gasteiger charge is -2.07. The monoisotopic (exact) mass is 255 g/mol. The van der Waals surface area contributed by atoms with Crippen LogP contribution in [0.3, 0.4) is 0 Å². The molecule has 19 heavy (non-hydrogen) atoms. The standard InChI is InChI=1S/C14H17N5/c1-9-13(10(2)19(3)18-9)8-15-12-5-4-11-7-16-17-14(11)6-12/h4-7,15H,8H2,1-3H3,(H,16,17). The smallest absolute Gasteiger partial charge is 0.0670 e. The summed E-state index contributed by atoms with van der Waals surface area (Å²) in [4.78, 5) is 0. The third kappa shape index (κ3) is 2.07. The van der Waals surface area contributed by atoms with Crippen molar-refractivity contribution in [2.45, 2.75) is 20.4 Å². The number of nitrogens with zero attached hydrogens (tertiary/aromatic N) is 3. The van der Waals surface area contributed by atoms with Crippen molar-refractivity contribution in [3.05, 3.63) is 41.3 Å². The van der Waals surface area contributed by atoms with E-state index in [1.165, 1.54) is 11.3 Å². The molecule has 0 bridgehead atoms. The van der Waals surface area contributed by atoms with E-state index in [1.807, 2.05) is 24.9 Å². The molecule has 0 fully saturated rings. The van der Waals surface area contributed by atoms with Crippen LogP contribution in [0.1, 0.15) is 17.0 Å². The van der Waals surface area contributed by atoms with Gasteiger partial charge >= 0.3 is 0 Å². The second-order valence-corrected chi connectivity index (χ2v) is 4.80. The van der Waals surface area contributed by atoms with E-state index in [2.05, 4.69) is 45.7 Å². The van der Waals surface area contributed by atoms with Gasteiger partial charge in [-0.3, -0.25) is 9.78 Å². The van der Waals surface area contributed by atoms with Crippen LogP contribution in [-0.4, -0.2) is 20.0 Å². The molecule has 98 valence electrons. The highest BCUT2D eigenvalue weighted by molar-refractivity contribution is 5.81. The van der Waals surface area contributed by atoms with Crippen LogP contribution in [0.25, 0.3) is 10.9 Å². The molecule has 0 aliphatic carbocycles. The van der Waals surface area contributed by atoms with Crippen LogP contribution in [0.4, 0.5) is 5.69 Å². The molecule has 5 nitrogen and oxygen atoms in total. The van der Waals surface area contributed by atoms with Crippen molar-refractivity contribution in [1.82, 2.24) is 20.0 Å². The summed E-state index contributed by atoms with van der Waals surface area (Å²) in [6.07, 6.45) is 1.83. The average Bonchev–Trinajstić information content (AvgIpc) is 2.94. The third-order valence-corrected chi connectivity index (χ3v) is 3.57. The summed E-state index contributed by atoms with van der Waals surface area (Å²) in [5, 5.41) is 16.0. The zero-order valence-corrected chi connectivity index (χ0v) is 11.4. The van der Waals surface area contributed by atoms with E-state index >= 15 is 0 Å².